The molecule has 0 spiro atoms. The molecule has 334 valence electrons. The number of carbonyl (C=O) groups is 4. The molecule has 2 atom stereocenters. The van der Waals surface area contributed by atoms with Crippen molar-refractivity contribution in [1.82, 2.24) is 30.4 Å². The lowest BCUT2D eigenvalue weighted by molar-refractivity contribution is -0.138. The van der Waals surface area contributed by atoms with Crippen LogP contribution in [0.2, 0.25) is 0 Å². The summed E-state index contributed by atoms with van der Waals surface area (Å²) in [7, 11) is 0. The van der Waals surface area contributed by atoms with E-state index in [0.29, 0.717) is 43.5 Å². The summed E-state index contributed by atoms with van der Waals surface area (Å²) in [5, 5.41) is 24.4. The number of aromatic nitrogens is 2. The Labute approximate surface area is 367 Å². The molecule has 0 fully saturated rings. The highest BCUT2D eigenvalue weighted by Crippen LogP contribution is 2.41. The number of nitriles is 2. The molecule has 7 rings (SSSR count). The summed E-state index contributed by atoms with van der Waals surface area (Å²) in [5.41, 5.74) is 5.60. The number of carbonyl (C=O) groups excluding carboxylic acids is 4. The van der Waals surface area contributed by atoms with E-state index in [4.69, 9.17) is 5.73 Å². The number of hydrogen-bond donors (Lipinski definition) is 3. The van der Waals surface area contributed by atoms with E-state index in [0.717, 1.165) is 40.1 Å². The molecule has 0 saturated carbocycles. The minimum Gasteiger partial charge on any atom is -0.333 e. The largest absolute Gasteiger partial charge is 0.416 e. The van der Waals surface area contributed by atoms with Crippen LogP contribution < -0.4 is 26.2 Å². The Hall–Kier alpha value is -7.62. The second-order valence-electron chi connectivity index (χ2n) is 15.1. The number of hydrogen-bond acceptors (Lipinski definition) is 10. The van der Waals surface area contributed by atoms with Gasteiger partial charge in [-0.3, -0.25) is 24.2 Å². The zero-order valence-corrected chi connectivity index (χ0v) is 34.0. The van der Waals surface area contributed by atoms with Gasteiger partial charge in [0.05, 0.1) is 64.5 Å². The first-order chi connectivity index (χ1) is 31.0. The molecular formula is C44H37F6N11O4. The summed E-state index contributed by atoms with van der Waals surface area (Å²) >= 11 is 0. The fourth-order valence-electron chi connectivity index (χ4n) is 7.84. The lowest BCUT2D eigenvalue weighted by Gasteiger charge is -2.33. The first kappa shape index (κ1) is 45.4. The molecule has 3 aliphatic rings. The third-order valence-electron chi connectivity index (χ3n) is 11.0. The molecule has 4 N–H and O–H groups in total. The molecule has 0 bridgehead atoms. The van der Waals surface area contributed by atoms with E-state index in [1.807, 2.05) is 12.1 Å². The van der Waals surface area contributed by atoms with Crippen molar-refractivity contribution >= 4 is 35.6 Å². The van der Waals surface area contributed by atoms with Crippen LogP contribution >= 0.6 is 0 Å². The highest BCUT2D eigenvalue weighted by atomic mass is 19.4. The smallest absolute Gasteiger partial charge is 0.333 e. The molecule has 65 heavy (non-hydrogen) atoms. The van der Waals surface area contributed by atoms with Crippen molar-refractivity contribution in [3.63, 3.8) is 0 Å². The number of amides is 5. The molecule has 3 aliphatic heterocycles. The predicted octanol–water partition coefficient (Wildman–Crippen LogP) is 5.45. The van der Waals surface area contributed by atoms with Gasteiger partial charge in [-0.2, -0.15) is 36.9 Å². The molecule has 15 nitrogen and oxygen atoms in total. The number of rotatable bonds is 15. The fraction of sp³-hybridized carbons (Fsp3) is 0.273. The van der Waals surface area contributed by atoms with Gasteiger partial charge in [0.15, 0.2) is 0 Å². The van der Waals surface area contributed by atoms with Gasteiger partial charge in [0.25, 0.3) is 11.8 Å². The molecule has 0 radical (unpaired) electrons. The van der Waals surface area contributed by atoms with Crippen LogP contribution in [0.3, 0.4) is 0 Å². The zero-order chi connectivity index (χ0) is 46.6. The number of nitrogens with zero attached hydrogens (tertiary/aromatic N) is 8. The van der Waals surface area contributed by atoms with Gasteiger partial charge >= 0.3 is 18.4 Å². The van der Waals surface area contributed by atoms with Crippen LogP contribution in [-0.2, 0) is 26.7 Å². The van der Waals surface area contributed by atoms with Crippen molar-refractivity contribution in [1.29, 1.82) is 10.5 Å². The Morgan fingerprint density at radius 3 is 2.03 bits per heavy atom. The fourth-order valence-corrected chi connectivity index (χ4v) is 7.84. The SMILES string of the molecule is N#Cc1ccc(C(N)C2=C(N(C=O)c3cccc(C(F)(F)F)c3)CN(CCCNCCCN3CC4=C(C3=O)C(c3ccc(C#N)nc3)NC(=O)N4c3cccc(C(F)(F)F)c3)C2=O)cn1. The average molecular weight is 898 g/mol. The van der Waals surface area contributed by atoms with Gasteiger partial charge in [-0.05, 0) is 85.6 Å². The molecular weight excluding hydrogens is 861 g/mol. The number of nitrogens with one attached hydrogen (secondary N) is 2. The van der Waals surface area contributed by atoms with Crippen LogP contribution in [0.5, 0.6) is 0 Å². The first-order valence-corrected chi connectivity index (χ1v) is 20.0. The minimum atomic E-state index is -4.71. The van der Waals surface area contributed by atoms with Crippen molar-refractivity contribution in [2.75, 3.05) is 49.1 Å². The molecule has 2 aromatic heterocycles. The van der Waals surface area contributed by atoms with Crippen molar-refractivity contribution in [3.8, 4) is 12.1 Å². The lowest BCUT2D eigenvalue weighted by atomic mass is 9.96. The third-order valence-corrected chi connectivity index (χ3v) is 11.0. The lowest BCUT2D eigenvalue weighted by Crippen LogP contribution is -2.47. The van der Waals surface area contributed by atoms with Crippen molar-refractivity contribution < 1.29 is 45.5 Å². The molecule has 5 amide bonds. The number of nitrogens with two attached hydrogens (primary N) is 1. The Kier molecular flexibility index (Phi) is 13.0. The maximum absolute atomic E-state index is 14.0. The Morgan fingerprint density at radius 1 is 0.831 bits per heavy atom. The van der Waals surface area contributed by atoms with Crippen molar-refractivity contribution in [3.05, 3.63) is 141 Å². The van der Waals surface area contributed by atoms with E-state index in [2.05, 4.69) is 20.6 Å². The predicted molar refractivity (Wildman–Crippen MR) is 219 cm³/mol. The standard InChI is InChI=1S/C44H37F6N11O4/c45-43(46,47)28-5-1-7-32(17-28)60(25-62)34-23-58(40(63)36(34)38(53)26-9-11-30(19-51)55-21-26)15-3-13-54-14-4-16-59-24-35-37(41(59)64)39(27-10-12-31(20-52)56-22-27)57-42(65)61(35)33-8-2-6-29(18-33)44(48,49)50/h1-2,5-12,17-18,21-22,25,38-39,54H,3-4,13-16,23-24,53H2,(H,57,65). The van der Waals surface area contributed by atoms with Crippen LogP contribution in [0, 0.1) is 22.7 Å². The maximum atomic E-state index is 14.0. The second-order valence-corrected chi connectivity index (χ2v) is 15.1. The van der Waals surface area contributed by atoms with Crippen LogP contribution in [-0.4, -0.2) is 83.3 Å². The van der Waals surface area contributed by atoms with E-state index < -0.39 is 53.4 Å². The van der Waals surface area contributed by atoms with Crippen molar-refractivity contribution in [2.24, 2.45) is 5.73 Å². The van der Waals surface area contributed by atoms with E-state index in [9.17, 15) is 56.0 Å². The molecule has 0 aliphatic carbocycles. The quantitative estimate of drug-likeness (QED) is 0.0782. The van der Waals surface area contributed by atoms with Crippen LogP contribution in [0.4, 0.5) is 42.5 Å². The number of alkyl halides is 6. The monoisotopic (exact) mass is 897 g/mol. The van der Waals surface area contributed by atoms with Gasteiger partial charge in [0.1, 0.15) is 23.5 Å². The van der Waals surface area contributed by atoms with Crippen molar-refractivity contribution in [2.45, 2.75) is 37.3 Å². The van der Waals surface area contributed by atoms with E-state index >= 15 is 0 Å². The van der Waals surface area contributed by atoms with Crippen LogP contribution in [0.25, 0.3) is 0 Å². The number of pyridine rings is 2. The normalized spacial score (nSPS) is 17.0. The molecule has 5 heterocycles. The molecule has 2 aromatic carbocycles. The summed E-state index contributed by atoms with van der Waals surface area (Å²) in [4.78, 5) is 67.1. The molecule has 21 heteroatoms. The third kappa shape index (κ3) is 9.51. The Balaban J connectivity index is 1.00. The maximum Gasteiger partial charge on any atom is 0.416 e. The van der Waals surface area contributed by atoms with Crippen LogP contribution in [0.15, 0.2) is 108 Å². The molecule has 0 saturated heterocycles. The highest BCUT2D eigenvalue weighted by molar-refractivity contribution is 6.07. The average Bonchev–Trinajstić information content (AvgIpc) is 3.79. The Bertz CT molecular complexity index is 2620. The summed E-state index contributed by atoms with van der Waals surface area (Å²) < 4.78 is 82.0. The van der Waals surface area contributed by atoms with Gasteiger partial charge in [-0.25, -0.2) is 14.8 Å². The van der Waals surface area contributed by atoms with E-state index in [1.54, 1.807) is 0 Å². The summed E-state index contributed by atoms with van der Waals surface area (Å²) in [6, 6.07) is 15.0. The van der Waals surface area contributed by atoms with Gasteiger partial charge < -0.3 is 26.2 Å². The number of benzene rings is 2. The number of urea groups is 1. The first-order valence-electron chi connectivity index (χ1n) is 20.0. The van der Waals surface area contributed by atoms with Crippen LogP contribution in [0.1, 0.15) is 58.6 Å². The zero-order valence-electron chi connectivity index (χ0n) is 34.0. The Morgan fingerprint density at radius 2 is 1.45 bits per heavy atom. The minimum absolute atomic E-state index is 0.0400. The molecule has 2 unspecified atom stereocenters. The number of anilines is 2. The summed E-state index contributed by atoms with van der Waals surface area (Å²) in [6.45, 7) is 0.812. The summed E-state index contributed by atoms with van der Waals surface area (Å²) in [5.74, 6) is -1.01. The van der Waals surface area contributed by atoms with Gasteiger partial charge in [-0.1, -0.05) is 24.3 Å². The second kappa shape index (κ2) is 18.6. The van der Waals surface area contributed by atoms with Gasteiger partial charge in [0.2, 0.25) is 6.41 Å². The number of halogens is 6. The topological polar surface area (TPSA) is 205 Å². The van der Waals surface area contributed by atoms with Gasteiger partial charge in [0, 0.05) is 31.2 Å². The van der Waals surface area contributed by atoms with E-state index in [1.165, 1.54) is 64.7 Å². The molecule has 4 aromatic rings. The summed E-state index contributed by atoms with van der Waals surface area (Å²) in [6.07, 6.45) is -5.67. The van der Waals surface area contributed by atoms with Gasteiger partial charge in [-0.15, -0.1) is 0 Å². The van der Waals surface area contributed by atoms with E-state index in [-0.39, 0.29) is 71.5 Å². The highest BCUT2D eigenvalue weighted by Gasteiger charge is 2.45.